The van der Waals surface area contributed by atoms with E-state index < -0.39 is 39.4 Å². The van der Waals surface area contributed by atoms with E-state index >= 15 is 0 Å². The number of carbonyl (C=O) groups excluding carboxylic acids is 1. The summed E-state index contributed by atoms with van der Waals surface area (Å²) in [6.07, 6.45) is -4.78. The summed E-state index contributed by atoms with van der Waals surface area (Å²) in [6.45, 7) is 1.33. The second-order valence-electron chi connectivity index (χ2n) is 3.51. The Kier molecular flexibility index (Phi) is 4.16. The summed E-state index contributed by atoms with van der Waals surface area (Å²) in [6, 6.07) is 2.62. The fourth-order valence-corrected chi connectivity index (χ4v) is 1.66. The van der Waals surface area contributed by atoms with Crippen LogP contribution in [0.5, 0.6) is 0 Å². The zero-order valence-corrected chi connectivity index (χ0v) is 10.7. The Hall–Kier alpha value is -1.37. The Morgan fingerprint density at radius 1 is 1.33 bits per heavy atom. The third-order valence-corrected chi connectivity index (χ3v) is 2.62. The van der Waals surface area contributed by atoms with E-state index in [1.165, 1.54) is 6.92 Å². The van der Waals surface area contributed by atoms with Gasteiger partial charge in [-0.05, 0) is 19.1 Å². The third kappa shape index (κ3) is 2.90. The lowest BCUT2D eigenvalue weighted by molar-refractivity contribution is -0.137. The first kappa shape index (κ1) is 14.7. The average molecular weight is 325 g/mol. The highest BCUT2D eigenvalue weighted by Gasteiger charge is 2.38. The van der Waals surface area contributed by atoms with Gasteiger partial charge in [-0.15, -0.1) is 0 Å². The number of carboxylic acids is 1. The molecule has 18 heavy (non-hydrogen) atoms. The average Bonchev–Trinajstić information content (AvgIpc) is 2.25. The summed E-state index contributed by atoms with van der Waals surface area (Å²) >= 11 is 2.85. The number of Topliss-reactive ketones (excluding diaryl/α,β-unsaturated/α-hetero) is 1. The van der Waals surface area contributed by atoms with Crippen molar-refractivity contribution >= 4 is 27.7 Å². The number of hydrogen-bond acceptors (Lipinski definition) is 2. The first-order valence-corrected chi connectivity index (χ1v) is 5.69. The van der Waals surface area contributed by atoms with Crippen LogP contribution in [0.25, 0.3) is 0 Å². The summed E-state index contributed by atoms with van der Waals surface area (Å²) < 4.78 is 38.3. The van der Waals surface area contributed by atoms with Gasteiger partial charge in [0.1, 0.15) is 0 Å². The minimum Gasteiger partial charge on any atom is -0.478 e. The largest absolute Gasteiger partial charge is 0.478 e. The summed E-state index contributed by atoms with van der Waals surface area (Å²) in [5, 5.41) is 8.85. The van der Waals surface area contributed by atoms with E-state index in [2.05, 4.69) is 15.9 Å². The minimum absolute atomic E-state index is 0.652. The zero-order chi connectivity index (χ0) is 14.1. The van der Waals surface area contributed by atoms with Crippen molar-refractivity contribution in [1.29, 1.82) is 0 Å². The summed E-state index contributed by atoms with van der Waals surface area (Å²) in [5.74, 6) is -2.49. The number of benzene rings is 1. The zero-order valence-electron chi connectivity index (χ0n) is 9.08. The topological polar surface area (TPSA) is 54.4 Å². The van der Waals surface area contributed by atoms with E-state index in [0.717, 1.165) is 12.1 Å². The van der Waals surface area contributed by atoms with Crippen LogP contribution in [0.3, 0.4) is 0 Å². The van der Waals surface area contributed by atoms with Gasteiger partial charge in [-0.2, -0.15) is 13.2 Å². The predicted octanol–water partition coefficient (Wildman–Crippen LogP) is 3.37. The Balaban J connectivity index is 3.60. The van der Waals surface area contributed by atoms with Gasteiger partial charge in [0.15, 0.2) is 5.78 Å². The summed E-state index contributed by atoms with van der Waals surface area (Å²) in [7, 11) is 0. The van der Waals surface area contributed by atoms with Crippen molar-refractivity contribution in [2.45, 2.75) is 17.9 Å². The molecule has 0 aliphatic rings. The summed E-state index contributed by atoms with van der Waals surface area (Å²) in [5.41, 5.74) is -2.71. The lowest BCUT2D eigenvalue weighted by Gasteiger charge is -2.15. The van der Waals surface area contributed by atoms with Crippen LogP contribution in [0.4, 0.5) is 13.2 Å². The van der Waals surface area contributed by atoms with Gasteiger partial charge in [-0.25, -0.2) is 4.79 Å². The maximum atomic E-state index is 12.8. The molecule has 0 saturated heterocycles. The van der Waals surface area contributed by atoms with Gasteiger partial charge in [-0.3, -0.25) is 4.79 Å². The van der Waals surface area contributed by atoms with Gasteiger partial charge < -0.3 is 5.11 Å². The highest BCUT2D eigenvalue weighted by atomic mass is 79.9. The molecule has 0 amide bonds. The first-order valence-electron chi connectivity index (χ1n) is 4.78. The highest BCUT2D eigenvalue weighted by Crippen LogP contribution is 2.34. The number of alkyl halides is 4. The van der Waals surface area contributed by atoms with Crippen molar-refractivity contribution in [3.63, 3.8) is 0 Å². The predicted molar refractivity (Wildman–Crippen MR) is 61.1 cm³/mol. The van der Waals surface area contributed by atoms with E-state index in [0.29, 0.717) is 6.07 Å². The van der Waals surface area contributed by atoms with Gasteiger partial charge >= 0.3 is 12.1 Å². The van der Waals surface area contributed by atoms with E-state index in [1.54, 1.807) is 0 Å². The van der Waals surface area contributed by atoms with Gasteiger partial charge in [0.25, 0.3) is 0 Å². The van der Waals surface area contributed by atoms with Crippen LogP contribution in [0, 0.1) is 0 Å². The van der Waals surface area contributed by atoms with E-state index in [-0.39, 0.29) is 0 Å². The molecule has 1 N–H and O–H groups in total. The molecular formula is C11H8BrF3O3. The molecule has 0 bridgehead atoms. The molecule has 0 spiro atoms. The van der Waals surface area contributed by atoms with Crippen LogP contribution in [-0.2, 0) is 6.18 Å². The van der Waals surface area contributed by atoms with Gasteiger partial charge in [0.05, 0.1) is 16.0 Å². The molecule has 0 saturated carbocycles. The third-order valence-electron chi connectivity index (χ3n) is 2.21. The maximum absolute atomic E-state index is 12.8. The van der Waals surface area contributed by atoms with Gasteiger partial charge in [0, 0.05) is 5.56 Å². The van der Waals surface area contributed by atoms with E-state index in [9.17, 15) is 22.8 Å². The number of carboxylic acid groups (broad SMARTS) is 1. The molecule has 1 atom stereocenters. The molecule has 0 fully saturated rings. The number of rotatable bonds is 3. The number of halogens is 4. The Labute approximate surface area is 109 Å². The molecule has 0 radical (unpaired) electrons. The smallest absolute Gasteiger partial charge is 0.417 e. The lowest BCUT2D eigenvalue weighted by Crippen LogP contribution is -2.21. The van der Waals surface area contributed by atoms with Crippen molar-refractivity contribution in [1.82, 2.24) is 0 Å². The van der Waals surface area contributed by atoms with Crippen LogP contribution in [0.1, 0.15) is 33.2 Å². The molecule has 0 aliphatic carbocycles. The molecule has 1 aromatic carbocycles. The molecule has 7 heteroatoms. The molecule has 1 unspecified atom stereocenters. The lowest BCUT2D eigenvalue weighted by atomic mass is 9.95. The molecular weight excluding hydrogens is 317 g/mol. The van der Waals surface area contributed by atoms with Gasteiger partial charge in [0.2, 0.25) is 0 Å². The van der Waals surface area contributed by atoms with E-state index in [1.807, 2.05) is 0 Å². The fourth-order valence-electron chi connectivity index (χ4n) is 1.43. The Morgan fingerprint density at radius 3 is 2.28 bits per heavy atom. The highest BCUT2D eigenvalue weighted by molar-refractivity contribution is 9.10. The van der Waals surface area contributed by atoms with Gasteiger partial charge in [-0.1, -0.05) is 22.0 Å². The molecule has 0 heterocycles. The van der Waals surface area contributed by atoms with Crippen LogP contribution in [0.2, 0.25) is 0 Å². The molecule has 0 aromatic heterocycles. The first-order chi connectivity index (χ1) is 8.16. The van der Waals surface area contributed by atoms with Crippen LogP contribution >= 0.6 is 15.9 Å². The van der Waals surface area contributed by atoms with Crippen molar-refractivity contribution in [3.8, 4) is 0 Å². The van der Waals surface area contributed by atoms with Crippen LogP contribution in [-0.4, -0.2) is 21.7 Å². The van der Waals surface area contributed by atoms with Crippen molar-refractivity contribution < 1.29 is 27.9 Å². The standard InChI is InChI=1S/C11H8BrF3O3/c1-5(12)9(16)8-6(10(17)18)3-2-4-7(8)11(13,14)15/h2-5H,1H3,(H,17,18). The van der Waals surface area contributed by atoms with Crippen molar-refractivity contribution in [2.75, 3.05) is 0 Å². The number of ketones is 1. The van der Waals surface area contributed by atoms with E-state index in [4.69, 9.17) is 5.11 Å². The number of hydrogen-bond donors (Lipinski definition) is 1. The molecule has 3 nitrogen and oxygen atoms in total. The number of carbonyl (C=O) groups is 2. The molecule has 1 rings (SSSR count). The molecule has 0 aliphatic heterocycles. The molecule has 98 valence electrons. The second-order valence-corrected chi connectivity index (χ2v) is 4.88. The van der Waals surface area contributed by atoms with Crippen molar-refractivity contribution in [2.24, 2.45) is 0 Å². The monoisotopic (exact) mass is 324 g/mol. The Morgan fingerprint density at radius 2 is 1.89 bits per heavy atom. The molecule has 1 aromatic rings. The maximum Gasteiger partial charge on any atom is 0.417 e. The van der Waals surface area contributed by atoms with Crippen LogP contribution < -0.4 is 0 Å². The fraction of sp³-hybridized carbons (Fsp3) is 0.273. The Bertz CT molecular complexity index is 495. The second kappa shape index (κ2) is 5.09. The minimum atomic E-state index is -4.78. The summed E-state index contributed by atoms with van der Waals surface area (Å²) in [4.78, 5) is 21.7. The number of aromatic carboxylic acids is 1. The van der Waals surface area contributed by atoms with Crippen molar-refractivity contribution in [3.05, 3.63) is 34.9 Å². The van der Waals surface area contributed by atoms with Crippen LogP contribution in [0.15, 0.2) is 18.2 Å². The quantitative estimate of drug-likeness (QED) is 0.685. The SMILES string of the molecule is CC(Br)C(=O)c1c(C(=O)O)cccc1C(F)(F)F. The normalized spacial score (nSPS) is 13.2.